The summed E-state index contributed by atoms with van der Waals surface area (Å²) in [4.78, 5) is 26.6. The predicted octanol–water partition coefficient (Wildman–Crippen LogP) is 3.84. The smallest absolute Gasteiger partial charge is 0.336 e. The van der Waals surface area contributed by atoms with E-state index in [4.69, 9.17) is 4.74 Å². The van der Waals surface area contributed by atoms with E-state index in [-0.39, 0.29) is 30.8 Å². The Morgan fingerprint density at radius 3 is 2.87 bits per heavy atom. The number of cyclic esters (lactones) is 1. The molecule has 0 saturated carbocycles. The zero-order chi connectivity index (χ0) is 16.0. The molecule has 3 heterocycles. The maximum absolute atomic E-state index is 12.8. The molecule has 2 aliphatic heterocycles. The first kappa shape index (κ1) is 14.7. The Hall–Kier alpha value is -1.92. The first-order chi connectivity index (χ1) is 11.1. The third-order valence-corrected chi connectivity index (χ3v) is 5.32. The van der Waals surface area contributed by atoms with E-state index in [1.54, 1.807) is 16.2 Å². The van der Waals surface area contributed by atoms with E-state index in [2.05, 4.69) is 15.9 Å². The first-order valence-corrected chi connectivity index (χ1v) is 8.89. The van der Waals surface area contributed by atoms with E-state index in [9.17, 15) is 9.59 Å². The standard InChI is InChI=1S/C17H12BrNO3S/c18-11-2-1-3-12(6-11)19-14-8-22-17(21)16(14)13(7-15(19)20)10-4-5-23-9-10/h1-6,9,13H,7-8H2/t13-/m1/s1. The van der Waals surface area contributed by atoms with Crippen LogP contribution < -0.4 is 4.90 Å². The molecule has 0 bridgehead atoms. The Labute approximate surface area is 145 Å². The summed E-state index contributed by atoms with van der Waals surface area (Å²) in [6.45, 7) is 0.146. The van der Waals surface area contributed by atoms with Crippen LogP contribution in [-0.2, 0) is 14.3 Å². The van der Waals surface area contributed by atoms with E-state index in [1.165, 1.54) is 0 Å². The monoisotopic (exact) mass is 389 g/mol. The van der Waals surface area contributed by atoms with Gasteiger partial charge in [-0.15, -0.1) is 0 Å². The normalized spacial score (nSPS) is 20.7. The zero-order valence-corrected chi connectivity index (χ0v) is 14.4. The summed E-state index contributed by atoms with van der Waals surface area (Å²) < 4.78 is 6.13. The van der Waals surface area contributed by atoms with Crippen molar-refractivity contribution >= 4 is 44.8 Å². The van der Waals surface area contributed by atoms with Crippen molar-refractivity contribution < 1.29 is 14.3 Å². The number of anilines is 1. The summed E-state index contributed by atoms with van der Waals surface area (Å²) in [5.74, 6) is -0.540. The van der Waals surface area contributed by atoms with Crippen LogP contribution in [0.5, 0.6) is 0 Å². The molecule has 0 spiro atoms. The summed E-state index contributed by atoms with van der Waals surface area (Å²) in [7, 11) is 0. The molecule has 2 aliphatic rings. The number of thiophene rings is 1. The number of carbonyl (C=O) groups is 2. The minimum absolute atomic E-state index is 0.0173. The van der Waals surface area contributed by atoms with Crippen LogP contribution in [0.25, 0.3) is 0 Å². The second-order valence-electron chi connectivity index (χ2n) is 5.46. The molecule has 1 atom stereocenters. The molecule has 4 nitrogen and oxygen atoms in total. The lowest BCUT2D eigenvalue weighted by Gasteiger charge is -2.31. The lowest BCUT2D eigenvalue weighted by molar-refractivity contribution is -0.136. The van der Waals surface area contributed by atoms with Gasteiger partial charge in [-0.05, 0) is 40.6 Å². The lowest BCUT2D eigenvalue weighted by atomic mass is 9.85. The highest BCUT2D eigenvalue weighted by atomic mass is 79.9. The predicted molar refractivity (Wildman–Crippen MR) is 91.3 cm³/mol. The number of halogens is 1. The Bertz CT molecular complexity index is 828. The summed E-state index contributed by atoms with van der Waals surface area (Å²) in [6.07, 6.45) is 0.275. The molecule has 6 heteroatoms. The third-order valence-electron chi connectivity index (χ3n) is 4.13. The third kappa shape index (κ3) is 2.42. The number of hydrogen-bond acceptors (Lipinski definition) is 4. The topological polar surface area (TPSA) is 46.6 Å². The Morgan fingerprint density at radius 1 is 1.26 bits per heavy atom. The Balaban J connectivity index is 1.85. The molecule has 0 unspecified atom stereocenters. The fourth-order valence-electron chi connectivity index (χ4n) is 3.13. The van der Waals surface area contributed by atoms with Crippen molar-refractivity contribution in [2.24, 2.45) is 0 Å². The number of benzene rings is 1. The molecule has 0 fully saturated rings. The van der Waals surface area contributed by atoms with E-state index in [0.29, 0.717) is 11.3 Å². The maximum atomic E-state index is 12.8. The Kier molecular flexibility index (Phi) is 3.58. The quantitative estimate of drug-likeness (QED) is 0.732. The van der Waals surface area contributed by atoms with Crippen LogP contribution in [0.15, 0.2) is 56.8 Å². The molecule has 2 aromatic rings. The first-order valence-electron chi connectivity index (χ1n) is 7.16. The van der Waals surface area contributed by atoms with Crippen LogP contribution in [0.4, 0.5) is 5.69 Å². The molecule has 1 amide bonds. The number of amides is 1. The van der Waals surface area contributed by atoms with Gasteiger partial charge in [0.05, 0.1) is 11.3 Å². The van der Waals surface area contributed by atoms with Crippen LogP contribution in [0.2, 0.25) is 0 Å². The van der Waals surface area contributed by atoms with E-state index in [0.717, 1.165) is 15.7 Å². The number of nitrogens with zero attached hydrogens (tertiary/aromatic N) is 1. The fourth-order valence-corrected chi connectivity index (χ4v) is 4.23. The molecule has 116 valence electrons. The van der Waals surface area contributed by atoms with Crippen LogP contribution in [-0.4, -0.2) is 18.5 Å². The molecule has 0 radical (unpaired) electrons. The molecule has 0 N–H and O–H groups in total. The molecular formula is C17H12BrNO3S. The minimum Gasteiger partial charge on any atom is -0.456 e. The number of ether oxygens (including phenoxy) is 1. The van der Waals surface area contributed by atoms with Gasteiger partial charge in [0.1, 0.15) is 6.61 Å². The van der Waals surface area contributed by atoms with Crippen molar-refractivity contribution in [3.63, 3.8) is 0 Å². The summed E-state index contributed by atoms with van der Waals surface area (Å²) >= 11 is 4.99. The molecule has 23 heavy (non-hydrogen) atoms. The van der Waals surface area contributed by atoms with Gasteiger partial charge >= 0.3 is 5.97 Å². The largest absolute Gasteiger partial charge is 0.456 e. The maximum Gasteiger partial charge on any atom is 0.336 e. The van der Waals surface area contributed by atoms with Crippen molar-refractivity contribution in [1.82, 2.24) is 0 Å². The van der Waals surface area contributed by atoms with Gasteiger partial charge in [0.15, 0.2) is 0 Å². The highest BCUT2D eigenvalue weighted by Crippen LogP contribution is 2.42. The SMILES string of the molecule is O=C1OCC2=C1[C@@H](c1ccsc1)CC(=O)N2c1cccc(Br)c1. The number of rotatable bonds is 2. The van der Waals surface area contributed by atoms with E-state index >= 15 is 0 Å². The highest BCUT2D eigenvalue weighted by Gasteiger charge is 2.43. The summed E-state index contributed by atoms with van der Waals surface area (Å²) in [6, 6.07) is 9.47. The van der Waals surface area contributed by atoms with Gasteiger partial charge in [0.25, 0.3) is 0 Å². The lowest BCUT2D eigenvalue weighted by Crippen LogP contribution is -2.37. The van der Waals surface area contributed by atoms with Gasteiger partial charge in [0, 0.05) is 22.5 Å². The molecule has 4 rings (SSSR count). The van der Waals surface area contributed by atoms with Gasteiger partial charge in [-0.25, -0.2) is 4.79 Å². The highest BCUT2D eigenvalue weighted by molar-refractivity contribution is 9.10. The van der Waals surface area contributed by atoms with Crippen molar-refractivity contribution in [3.8, 4) is 0 Å². The van der Waals surface area contributed by atoms with Crippen molar-refractivity contribution in [2.45, 2.75) is 12.3 Å². The van der Waals surface area contributed by atoms with Crippen LogP contribution in [0.3, 0.4) is 0 Å². The molecular weight excluding hydrogens is 378 g/mol. The van der Waals surface area contributed by atoms with Crippen molar-refractivity contribution in [1.29, 1.82) is 0 Å². The van der Waals surface area contributed by atoms with Crippen LogP contribution in [0, 0.1) is 0 Å². The molecule has 0 saturated heterocycles. The minimum atomic E-state index is -0.316. The van der Waals surface area contributed by atoms with Crippen molar-refractivity contribution in [2.75, 3.05) is 11.5 Å². The Morgan fingerprint density at radius 2 is 2.13 bits per heavy atom. The van der Waals surface area contributed by atoms with Gasteiger partial charge in [-0.2, -0.15) is 11.3 Å². The van der Waals surface area contributed by atoms with E-state index < -0.39 is 0 Å². The molecule has 0 aliphatic carbocycles. The number of carbonyl (C=O) groups excluding carboxylic acids is 2. The van der Waals surface area contributed by atoms with Gasteiger partial charge in [-0.1, -0.05) is 22.0 Å². The van der Waals surface area contributed by atoms with Gasteiger partial charge in [-0.3, -0.25) is 9.69 Å². The number of esters is 1. The number of hydrogen-bond donors (Lipinski definition) is 0. The van der Waals surface area contributed by atoms with Gasteiger partial charge < -0.3 is 4.74 Å². The average Bonchev–Trinajstić information content (AvgIpc) is 3.17. The van der Waals surface area contributed by atoms with Gasteiger partial charge in [0.2, 0.25) is 5.91 Å². The molecule has 1 aromatic carbocycles. The van der Waals surface area contributed by atoms with Crippen molar-refractivity contribution in [3.05, 3.63) is 62.4 Å². The van der Waals surface area contributed by atoms with Crippen LogP contribution in [0.1, 0.15) is 17.9 Å². The summed E-state index contributed by atoms with van der Waals surface area (Å²) in [5, 5.41) is 3.95. The zero-order valence-electron chi connectivity index (χ0n) is 12.0. The average molecular weight is 390 g/mol. The second-order valence-corrected chi connectivity index (χ2v) is 7.15. The second kappa shape index (κ2) is 5.62. The van der Waals surface area contributed by atoms with E-state index in [1.807, 2.05) is 41.1 Å². The fraction of sp³-hybridized carbons (Fsp3) is 0.176. The van der Waals surface area contributed by atoms with Crippen LogP contribution >= 0.6 is 27.3 Å². The molecule has 1 aromatic heterocycles. The summed E-state index contributed by atoms with van der Waals surface area (Å²) in [5.41, 5.74) is 3.03.